The summed E-state index contributed by atoms with van der Waals surface area (Å²) in [5, 5.41) is 0. The van der Waals surface area contributed by atoms with Gasteiger partial charge in [0.1, 0.15) is 5.75 Å². The normalized spacial score (nSPS) is 10.9. The fourth-order valence-corrected chi connectivity index (χ4v) is 0.994. The number of para-hydroxylation sites is 1. The quantitative estimate of drug-likeness (QED) is 0.709. The lowest BCUT2D eigenvalue weighted by atomic mass is 10.3. The molecule has 0 saturated heterocycles. The second-order valence-electron chi connectivity index (χ2n) is 1.80. The van der Waals surface area contributed by atoms with Gasteiger partial charge in [0.25, 0.3) is 0 Å². The van der Waals surface area contributed by atoms with Gasteiger partial charge >= 0.3 is 0 Å². The zero-order valence-electron chi connectivity index (χ0n) is 7.61. The Hall–Kier alpha value is -0.830. The van der Waals surface area contributed by atoms with E-state index >= 15 is 0 Å². The summed E-state index contributed by atoms with van der Waals surface area (Å²) in [6, 6.07) is 9.08. The Morgan fingerprint density at radius 3 is 2.08 bits per heavy atom. The van der Waals surface area contributed by atoms with Crippen LogP contribution in [0.2, 0.25) is 0 Å². The molecule has 0 saturated carbocycles. The van der Waals surface area contributed by atoms with Crippen LogP contribution in [0.15, 0.2) is 30.3 Å². The summed E-state index contributed by atoms with van der Waals surface area (Å²) in [6.07, 6.45) is 1.49. The highest BCUT2D eigenvalue weighted by Crippen LogP contribution is 2.08. The Bertz CT molecular complexity index is 221. The average molecular weight is 186 g/mol. The fourth-order valence-electron chi connectivity index (χ4n) is 0.612. The van der Waals surface area contributed by atoms with Crippen LogP contribution in [-0.4, -0.2) is 10.5 Å². The monoisotopic (exact) mass is 186 g/mol. The van der Waals surface area contributed by atoms with E-state index in [0.29, 0.717) is 5.75 Å². The summed E-state index contributed by atoms with van der Waals surface area (Å²) in [5.41, 5.74) is 0. The topological polar surface area (TPSA) is 26.3 Å². The lowest BCUT2D eigenvalue weighted by molar-refractivity contribution is 0.568. The summed E-state index contributed by atoms with van der Waals surface area (Å²) in [5.74, 6) is 0.642. The van der Waals surface area contributed by atoms with Gasteiger partial charge in [0, 0.05) is 6.26 Å². The SMILES string of the molecule is CC.CS(=O)Oc1ccccc1. The third-order valence-electron chi connectivity index (χ3n) is 0.957. The molecule has 0 N–H and O–H groups in total. The van der Waals surface area contributed by atoms with Crippen molar-refractivity contribution in [2.24, 2.45) is 0 Å². The van der Waals surface area contributed by atoms with Crippen molar-refractivity contribution in [3.8, 4) is 5.75 Å². The largest absolute Gasteiger partial charge is 0.401 e. The molecule has 68 valence electrons. The van der Waals surface area contributed by atoms with Gasteiger partial charge in [0.2, 0.25) is 11.1 Å². The predicted molar refractivity (Wildman–Crippen MR) is 52.5 cm³/mol. The molecule has 0 aliphatic rings. The zero-order valence-corrected chi connectivity index (χ0v) is 8.43. The van der Waals surface area contributed by atoms with Crippen molar-refractivity contribution >= 4 is 11.1 Å². The first-order chi connectivity index (χ1) is 5.79. The first-order valence-corrected chi connectivity index (χ1v) is 5.34. The molecule has 1 aromatic rings. The number of rotatable bonds is 2. The summed E-state index contributed by atoms with van der Waals surface area (Å²) < 4.78 is 15.4. The molecule has 0 radical (unpaired) electrons. The molecule has 1 rings (SSSR count). The van der Waals surface area contributed by atoms with Gasteiger partial charge in [0.05, 0.1) is 0 Å². The molecule has 0 bridgehead atoms. The molecule has 12 heavy (non-hydrogen) atoms. The Morgan fingerprint density at radius 2 is 1.67 bits per heavy atom. The van der Waals surface area contributed by atoms with Crippen LogP contribution < -0.4 is 4.18 Å². The highest BCUT2D eigenvalue weighted by atomic mass is 32.2. The second-order valence-corrected chi connectivity index (χ2v) is 2.77. The van der Waals surface area contributed by atoms with Gasteiger partial charge in [-0.1, -0.05) is 32.0 Å². The summed E-state index contributed by atoms with van der Waals surface area (Å²) in [6.45, 7) is 4.00. The molecule has 0 aliphatic carbocycles. The molecule has 1 aromatic carbocycles. The second kappa shape index (κ2) is 6.85. The predicted octanol–water partition coefficient (Wildman–Crippen LogP) is 2.39. The van der Waals surface area contributed by atoms with Crippen LogP contribution >= 0.6 is 0 Å². The first kappa shape index (κ1) is 11.2. The third-order valence-corrected chi connectivity index (χ3v) is 1.38. The van der Waals surface area contributed by atoms with Crippen LogP contribution in [0, 0.1) is 0 Å². The van der Waals surface area contributed by atoms with Crippen LogP contribution in [-0.2, 0) is 11.1 Å². The van der Waals surface area contributed by atoms with Crippen molar-refractivity contribution in [1.29, 1.82) is 0 Å². The third kappa shape index (κ3) is 4.91. The minimum Gasteiger partial charge on any atom is -0.401 e. The van der Waals surface area contributed by atoms with E-state index in [1.165, 1.54) is 6.26 Å². The van der Waals surface area contributed by atoms with Crippen molar-refractivity contribution < 1.29 is 8.39 Å². The maximum atomic E-state index is 10.5. The maximum Gasteiger partial charge on any atom is 0.203 e. The van der Waals surface area contributed by atoms with Gasteiger partial charge in [-0.05, 0) is 12.1 Å². The minimum atomic E-state index is -1.22. The van der Waals surface area contributed by atoms with E-state index in [4.69, 9.17) is 4.18 Å². The van der Waals surface area contributed by atoms with Gasteiger partial charge in [-0.15, -0.1) is 0 Å². The molecule has 0 heterocycles. The molecule has 0 aromatic heterocycles. The summed E-state index contributed by atoms with van der Waals surface area (Å²) >= 11 is -1.22. The first-order valence-electron chi connectivity index (χ1n) is 3.86. The average Bonchev–Trinajstić information content (AvgIpc) is 2.08. The van der Waals surface area contributed by atoms with Crippen LogP contribution in [0.25, 0.3) is 0 Å². The van der Waals surface area contributed by atoms with E-state index < -0.39 is 11.1 Å². The Labute approximate surface area is 76.2 Å². The Balaban J connectivity index is 0.000000561. The Kier molecular flexibility index (Phi) is 6.38. The lowest BCUT2D eigenvalue weighted by Crippen LogP contribution is -1.95. The molecule has 0 fully saturated rings. The van der Waals surface area contributed by atoms with Crippen molar-refractivity contribution in [3.63, 3.8) is 0 Å². The summed E-state index contributed by atoms with van der Waals surface area (Å²) in [4.78, 5) is 0. The molecule has 3 heteroatoms. The smallest absolute Gasteiger partial charge is 0.203 e. The number of benzene rings is 1. The van der Waals surface area contributed by atoms with E-state index in [2.05, 4.69) is 0 Å². The van der Waals surface area contributed by atoms with Gasteiger partial charge in [0.15, 0.2) is 0 Å². The maximum absolute atomic E-state index is 10.5. The zero-order chi connectivity index (χ0) is 9.40. The van der Waals surface area contributed by atoms with Gasteiger partial charge < -0.3 is 4.18 Å². The van der Waals surface area contributed by atoms with Crippen molar-refractivity contribution in [1.82, 2.24) is 0 Å². The number of hydrogen-bond donors (Lipinski definition) is 0. The van der Waals surface area contributed by atoms with Gasteiger partial charge in [-0.25, -0.2) is 4.21 Å². The molecular formula is C9H14O2S. The van der Waals surface area contributed by atoms with Crippen LogP contribution in [0.5, 0.6) is 5.75 Å². The van der Waals surface area contributed by atoms with Crippen LogP contribution in [0.3, 0.4) is 0 Å². The van der Waals surface area contributed by atoms with E-state index in [-0.39, 0.29) is 0 Å². The van der Waals surface area contributed by atoms with E-state index in [0.717, 1.165) is 0 Å². The lowest BCUT2D eigenvalue weighted by Gasteiger charge is -1.97. The van der Waals surface area contributed by atoms with Crippen LogP contribution in [0.4, 0.5) is 0 Å². The van der Waals surface area contributed by atoms with Crippen LogP contribution in [0.1, 0.15) is 13.8 Å². The van der Waals surface area contributed by atoms with E-state index in [9.17, 15) is 4.21 Å². The molecule has 1 unspecified atom stereocenters. The molecule has 0 aliphatic heterocycles. The number of hydrogen-bond acceptors (Lipinski definition) is 2. The molecule has 0 amide bonds. The van der Waals surface area contributed by atoms with Crippen molar-refractivity contribution in [2.75, 3.05) is 6.26 Å². The minimum absolute atomic E-state index is 0.642. The van der Waals surface area contributed by atoms with Crippen molar-refractivity contribution in [2.45, 2.75) is 13.8 Å². The Morgan fingerprint density at radius 1 is 1.17 bits per heavy atom. The highest BCUT2D eigenvalue weighted by molar-refractivity contribution is 7.79. The van der Waals surface area contributed by atoms with E-state index in [1.807, 2.05) is 32.0 Å². The summed E-state index contributed by atoms with van der Waals surface area (Å²) in [7, 11) is 0. The highest BCUT2D eigenvalue weighted by Gasteiger charge is 1.91. The van der Waals surface area contributed by atoms with Crippen molar-refractivity contribution in [3.05, 3.63) is 30.3 Å². The van der Waals surface area contributed by atoms with E-state index in [1.54, 1.807) is 12.1 Å². The molecule has 0 spiro atoms. The standard InChI is InChI=1S/C7H8O2S.C2H6/c1-10(8)9-7-5-3-2-4-6-7;1-2/h2-6H,1H3;1-2H3. The fraction of sp³-hybridized carbons (Fsp3) is 0.333. The molecule has 1 atom stereocenters. The van der Waals surface area contributed by atoms with Gasteiger partial charge in [-0.3, -0.25) is 0 Å². The molecular weight excluding hydrogens is 172 g/mol. The van der Waals surface area contributed by atoms with Gasteiger partial charge in [-0.2, -0.15) is 0 Å². The molecule has 2 nitrogen and oxygen atoms in total.